The summed E-state index contributed by atoms with van der Waals surface area (Å²) in [5.74, 6) is -4.30. The van der Waals surface area contributed by atoms with Crippen molar-refractivity contribution >= 4 is 23.5 Å². The molecule has 0 radical (unpaired) electrons. The number of anilines is 1. The van der Waals surface area contributed by atoms with E-state index in [1.165, 1.54) is 31.3 Å². The summed E-state index contributed by atoms with van der Waals surface area (Å²) in [6.07, 6.45) is 3.28. The first-order chi connectivity index (χ1) is 20.5. The Kier molecular flexibility index (Phi) is 15.0. The lowest BCUT2D eigenvalue weighted by Crippen LogP contribution is -2.59. The van der Waals surface area contributed by atoms with Crippen LogP contribution in [0.4, 0.5) is 27.6 Å². The van der Waals surface area contributed by atoms with Crippen LogP contribution < -0.4 is 20.3 Å². The average Bonchev–Trinajstić information content (AvgIpc) is 2.96. The molecule has 0 saturated carbocycles. The zero-order valence-corrected chi connectivity index (χ0v) is 24.7. The molecule has 0 spiro atoms. The van der Waals surface area contributed by atoms with E-state index >= 15 is 0 Å². The van der Waals surface area contributed by atoms with Gasteiger partial charge in [0.1, 0.15) is 24.0 Å². The fraction of sp³-hybridized carbons (Fsp3) is 0.433. The number of ether oxygens (including phenoxy) is 2. The summed E-state index contributed by atoms with van der Waals surface area (Å²) in [7, 11) is 1.50. The Labute approximate surface area is 248 Å². The lowest BCUT2D eigenvalue weighted by molar-refractivity contribution is -0.274. The highest BCUT2D eigenvalue weighted by molar-refractivity contribution is 6.01. The minimum atomic E-state index is -4.77. The molecule has 1 atom stereocenters. The lowest BCUT2D eigenvalue weighted by atomic mass is 9.89. The molecule has 0 bridgehead atoms. The quantitative estimate of drug-likeness (QED) is 0.144. The number of imide groups is 1. The van der Waals surface area contributed by atoms with Gasteiger partial charge in [-0.1, -0.05) is 39.8 Å². The van der Waals surface area contributed by atoms with E-state index in [-0.39, 0.29) is 42.8 Å². The minimum Gasteiger partial charge on any atom is -0.460 e. The molecule has 2 saturated heterocycles. The van der Waals surface area contributed by atoms with Crippen molar-refractivity contribution in [3.8, 4) is 18.6 Å². The van der Waals surface area contributed by atoms with Gasteiger partial charge in [0.15, 0.2) is 0 Å². The number of amidine groups is 1. The topological polar surface area (TPSA) is 92.3 Å². The molecule has 2 N–H and O–H groups in total. The van der Waals surface area contributed by atoms with Crippen LogP contribution in [0.15, 0.2) is 41.4 Å². The van der Waals surface area contributed by atoms with E-state index < -0.39 is 35.7 Å². The Morgan fingerprint density at radius 3 is 2.09 bits per heavy atom. The maximum absolute atomic E-state index is 14.8. The third-order valence-corrected chi connectivity index (χ3v) is 5.96. The Balaban J connectivity index is 0.00000145. The standard InChI is InChI=1S/C24H23F5N4O4.2C2H6.C2H2/c1-30-23(36-12-13-2-4-16(5-3-13)37-24(27,28)29)31-14-10-33(11-14)15-8-18(25)21(19(26)9-15)17-6-7-20(34)32-22(17)35;3*1-2/h2-5,8-9,14,17H,6-7,10-12H2,1H3,(H,30,31)(H,32,34,35);2*1-2H3;1-2H. The summed E-state index contributed by atoms with van der Waals surface area (Å²) in [5, 5.41) is 5.16. The fourth-order valence-corrected chi connectivity index (χ4v) is 4.12. The normalized spacial score (nSPS) is 16.5. The van der Waals surface area contributed by atoms with Gasteiger partial charge in [-0.05, 0) is 36.2 Å². The second-order valence-corrected chi connectivity index (χ2v) is 8.58. The van der Waals surface area contributed by atoms with Gasteiger partial charge in [-0.15, -0.1) is 26.0 Å². The van der Waals surface area contributed by atoms with Gasteiger partial charge in [0.25, 0.3) is 6.02 Å². The summed E-state index contributed by atoms with van der Waals surface area (Å²) in [6, 6.07) is 7.60. The summed E-state index contributed by atoms with van der Waals surface area (Å²) in [5.41, 5.74) is 0.548. The highest BCUT2D eigenvalue weighted by Crippen LogP contribution is 2.33. The van der Waals surface area contributed by atoms with Crippen LogP contribution in [0.2, 0.25) is 0 Å². The van der Waals surface area contributed by atoms with Crippen molar-refractivity contribution in [2.45, 2.75) is 65.5 Å². The maximum atomic E-state index is 14.8. The second kappa shape index (κ2) is 17.6. The van der Waals surface area contributed by atoms with Crippen LogP contribution in [-0.4, -0.2) is 50.4 Å². The number of benzene rings is 2. The summed E-state index contributed by atoms with van der Waals surface area (Å²) >= 11 is 0. The predicted molar refractivity (Wildman–Crippen MR) is 154 cm³/mol. The molecule has 2 aromatic rings. The van der Waals surface area contributed by atoms with E-state index in [1.54, 1.807) is 4.90 Å². The van der Waals surface area contributed by atoms with E-state index in [4.69, 9.17) is 4.74 Å². The average molecular weight is 613 g/mol. The number of nitrogens with zero attached hydrogens (tertiary/aromatic N) is 2. The van der Waals surface area contributed by atoms with Crippen molar-refractivity contribution in [1.82, 2.24) is 10.6 Å². The summed E-state index contributed by atoms with van der Waals surface area (Å²) < 4.78 is 75.7. The SMILES string of the molecule is C#C.CC.CC.CN=C(NC1CN(c2cc(F)c(C3CCC(=O)NC3=O)c(F)c2)C1)OCc1ccc(OC(F)(F)F)cc1. The highest BCUT2D eigenvalue weighted by Gasteiger charge is 2.35. The summed E-state index contributed by atoms with van der Waals surface area (Å²) in [6.45, 7) is 8.83. The Bertz CT molecular complexity index is 1220. The monoisotopic (exact) mass is 612 g/mol. The number of alkyl halides is 3. The van der Waals surface area contributed by atoms with Crippen LogP contribution >= 0.6 is 0 Å². The smallest absolute Gasteiger partial charge is 0.460 e. The van der Waals surface area contributed by atoms with E-state index in [0.29, 0.717) is 24.3 Å². The molecule has 2 aromatic carbocycles. The number of nitrogens with one attached hydrogen (secondary N) is 2. The Morgan fingerprint density at radius 2 is 1.60 bits per heavy atom. The number of carbonyl (C=O) groups is 2. The number of rotatable bonds is 6. The van der Waals surface area contributed by atoms with E-state index in [1.807, 2.05) is 27.7 Å². The van der Waals surface area contributed by atoms with Crippen molar-refractivity contribution in [2.24, 2.45) is 4.99 Å². The lowest BCUT2D eigenvalue weighted by Gasteiger charge is -2.41. The molecule has 8 nitrogen and oxygen atoms in total. The first-order valence-electron chi connectivity index (χ1n) is 13.6. The molecular weight excluding hydrogens is 575 g/mol. The van der Waals surface area contributed by atoms with Gasteiger partial charge in [0.2, 0.25) is 11.8 Å². The van der Waals surface area contributed by atoms with Crippen LogP contribution in [0, 0.1) is 24.5 Å². The molecule has 0 aliphatic carbocycles. The molecule has 2 fully saturated rings. The number of halogens is 5. The molecule has 2 heterocycles. The van der Waals surface area contributed by atoms with E-state index in [9.17, 15) is 31.5 Å². The summed E-state index contributed by atoms with van der Waals surface area (Å²) in [4.78, 5) is 29.1. The third-order valence-electron chi connectivity index (χ3n) is 5.96. The number of amides is 2. The Hall–Kier alpha value is -4.34. The maximum Gasteiger partial charge on any atom is 0.573 e. The fourth-order valence-electron chi connectivity index (χ4n) is 4.12. The number of carbonyl (C=O) groups excluding carboxylic acids is 2. The number of terminal acetylenes is 1. The molecular formula is C30H37F5N4O4. The zero-order valence-electron chi connectivity index (χ0n) is 24.7. The van der Waals surface area contributed by atoms with Gasteiger partial charge >= 0.3 is 6.36 Å². The number of hydrogen-bond acceptors (Lipinski definition) is 6. The van der Waals surface area contributed by atoms with Gasteiger partial charge in [-0.25, -0.2) is 13.8 Å². The molecule has 2 aliphatic heterocycles. The van der Waals surface area contributed by atoms with Crippen molar-refractivity contribution < 1.29 is 41.0 Å². The van der Waals surface area contributed by atoms with Gasteiger partial charge in [-0.3, -0.25) is 14.9 Å². The molecule has 13 heteroatoms. The van der Waals surface area contributed by atoms with Crippen molar-refractivity contribution in [3.63, 3.8) is 0 Å². The van der Waals surface area contributed by atoms with Gasteiger partial charge in [-0.2, -0.15) is 0 Å². The van der Waals surface area contributed by atoms with Crippen molar-refractivity contribution in [3.05, 3.63) is 59.2 Å². The van der Waals surface area contributed by atoms with Crippen LogP contribution in [0.3, 0.4) is 0 Å². The predicted octanol–water partition coefficient (Wildman–Crippen LogP) is 5.67. The molecule has 0 aromatic heterocycles. The van der Waals surface area contributed by atoms with Crippen LogP contribution in [0.25, 0.3) is 0 Å². The molecule has 1 unspecified atom stereocenters. The first kappa shape index (κ1) is 36.7. The van der Waals surface area contributed by atoms with Gasteiger partial charge in [0, 0.05) is 37.8 Å². The number of hydrogen-bond donors (Lipinski definition) is 2. The van der Waals surface area contributed by atoms with Crippen molar-refractivity contribution in [2.75, 3.05) is 25.0 Å². The van der Waals surface area contributed by atoms with Crippen LogP contribution in [0.1, 0.15) is 57.6 Å². The van der Waals surface area contributed by atoms with Gasteiger partial charge in [0.05, 0.1) is 12.0 Å². The van der Waals surface area contributed by atoms with E-state index in [0.717, 1.165) is 12.1 Å². The minimum absolute atomic E-state index is 0.0116. The number of aliphatic imine (C=N–C) groups is 1. The van der Waals surface area contributed by atoms with Crippen LogP contribution in [-0.2, 0) is 20.9 Å². The first-order valence-corrected chi connectivity index (χ1v) is 13.6. The molecule has 236 valence electrons. The van der Waals surface area contributed by atoms with Crippen LogP contribution in [0.5, 0.6) is 5.75 Å². The molecule has 43 heavy (non-hydrogen) atoms. The molecule has 2 amide bonds. The molecule has 4 rings (SSSR count). The van der Waals surface area contributed by atoms with Crippen molar-refractivity contribution in [1.29, 1.82) is 0 Å². The van der Waals surface area contributed by atoms with Gasteiger partial charge < -0.3 is 19.7 Å². The number of piperidine rings is 1. The molecule has 2 aliphatic rings. The third kappa shape index (κ3) is 10.8. The largest absolute Gasteiger partial charge is 0.573 e. The van der Waals surface area contributed by atoms with E-state index in [2.05, 4.69) is 33.2 Å². The zero-order chi connectivity index (χ0) is 32.7. The highest BCUT2D eigenvalue weighted by atomic mass is 19.4. The second-order valence-electron chi connectivity index (χ2n) is 8.58. The Morgan fingerprint density at radius 1 is 1.05 bits per heavy atom.